The third kappa shape index (κ3) is 3.25. The number of pyridine rings is 1. The van der Waals surface area contributed by atoms with Crippen molar-refractivity contribution in [3.8, 4) is 0 Å². The molecule has 0 unspecified atom stereocenters. The van der Waals surface area contributed by atoms with Gasteiger partial charge in [0.05, 0.1) is 10.0 Å². The summed E-state index contributed by atoms with van der Waals surface area (Å²) in [5.41, 5.74) is 2.62. The van der Waals surface area contributed by atoms with Crippen LogP contribution in [0.2, 0.25) is 10.0 Å². The maximum absolute atomic E-state index is 6.25. The van der Waals surface area contributed by atoms with E-state index in [1.54, 1.807) is 0 Å². The number of hydrogen-bond acceptors (Lipinski definition) is 1. The van der Waals surface area contributed by atoms with Crippen molar-refractivity contribution in [2.75, 3.05) is 0 Å². The van der Waals surface area contributed by atoms with Crippen LogP contribution in [-0.4, -0.2) is 4.98 Å². The van der Waals surface area contributed by atoms with Crippen molar-refractivity contribution < 1.29 is 0 Å². The van der Waals surface area contributed by atoms with E-state index in [0.717, 1.165) is 12.1 Å². The van der Waals surface area contributed by atoms with Gasteiger partial charge in [-0.25, -0.2) is 0 Å². The van der Waals surface area contributed by atoms with Gasteiger partial charge in [0.15, 0.2) is 0 Å². The molecule has 1 saturated carbocycles. The summed E-state index contributed by atoms with van der Waals surface area (Å²) in [6.07, 6.45) is 9.11. The molecule has 0 radical (unpaired) electrons. The first-order chi connectivity index (χ1) is 10.2. The first-order valence-electron chi connectivity index (χ1n) is 7.55. The smallest absolute Gasteiger partial charge is 0.0595 e. The van der Waals surface area contributed by atoms with Gasteiger partial charge in [0.1, 0.15) is 0 Å². The van der Waals surface area contributed by atoms with Crippen LogP contribution in [0.3, 0.4) is 0 Å². The monoisotopic (exact) mass is 319 g/mol. The fourth-order valence-electron chi connectivity index (χ4n) is 3.47. The first kappa shape index (κ1) is 14.9. The van der Waals surface area contributed by atoms with Crippen LogP contribution in [0.25, 0.3) is 0 Å². The number of aromatic nitrogens is 1. The van der Waals surface area contributed by atoms with Crippen molar-refractivity contribution in [1.82, 2.24) is 4.98 Å². The van der Waals surface area contributed by atoms with Crippen molar-refractivity contribution in [3.63, 3.8) is 0 Å². The lowest BCUT2D eigenvalue weighted by atomic mass is 9.67. The van der Waals surface area contributed by atoms with E-state index < -0.39 is 0 Å². The van der Waals surface area contributed by atoms with Crippen molar-refractivity contribution in [2.45, 2.75) is 43.9 Å². The van der Waals surface area contributed by atoms with Crippen molar-refractivity contribution in [3.05, 3.63) is 63.9 Å². The number of rotatable bonds is 3. The topological polar surface area (TPSA) is 12.9 Å². The Morgan fingerprint density at radius 1 is 0.952 bits per heavy atom. The minimum Gasteiger partial charge on any atom is -0.261 e. The highest BCUT2D eigenvalue weighted by Gasteiger charge is 2.34. The largest absolute Gasteiger partial charge is 0.261 e. The highest BCUT2D eigenvalue weighted by Crippen LogP contribution is 2.43. The Kier molecular flexibility index (Phi) is 4.51. The Balaban J connectivity index is 1.98. The average molecular weight is 320 g/mol. The van der Waals surface area contributed by atoms with Crippen LogP contribution in [0, 0.1) is 0 Å². The van der Waals surface area contributed by atoms with E-state index in [2.05, 4.69) is 29.2 Å². The molecule has 1 nitrogen and oxygen atoms in total. The minimum absolute atomic E-state index is 0.154. The predicted molar refractivity (Wildman–Crippen MR) is 89.2 cm³/mol. The van der Waals surface area contributed by atoms with Gasteiger partial charge in [0.2, 0.25) is 0 Å². The summed E-state index contributed by atoms with van der Waals surface area (Å²) in [6.45, 7) is 0. The number of halogens is 2. The van der Waals surface area contributed by atoms with Gasteiger partial charge in [-0.3, -0.25) is 4.98 Å². The van der Waals surface area contributed by atoms with E-state index in [-0.39, 0.29) is 5.41 Å². The van der Waals surface area contributed by atoms with E-state index in [9.17, 15) is 0 Å². The molecule has 0 N–H and O–H groups in total. The van der Waals surface area contributed by atoms with E-state index in [1.807, 2.05) is 18.3 Å². The van der Waals surface area contributed by atoms with Gasteiger partial charge < -0.3 is 0 Å². The molecule has 110 valence electrons. The zero-order valence-corrected chi connectivity index (χ0v) is 13.5. The van der Waals surface area contributed by atoms with Gasteiger partial charge in [-0.1, -0.05) is 54.6 Å². The van der Waals surface area contributed by atoms with Crippen molar-refractivity contribution in [1.29, 1.82) is 0 Å². The second kappa shape index (κ2) is 6.37. The molecule has 2 aromatic rings. The summed E-state index contributed by atoms with van der Waals surface area (Å²) in [5, 5.41) is 1.28. The van der Waals surface area contributed by atoms with Gasteiger partial charge in [0, 0.05) is 17.3 Å². The predicted octanol–water partition coefficient (Wildman–Crippen LogP) is 5.83. The Bertz CT molecular complexity index is 604. The second-order valence-corrected chi connectivity index (χ2v) is 6.78. The quantitative estimate of drug-likeness (QED) is 0.693. The van der Waals surface area contributed by atoms with Gasteiger partial charge in [-0.2, -0.15) is 0 Å². The van der Waals surface area contributed by atoms with Crippen LogP contribution in [0.4, 0.5) is 0 Å². The molecule has 0 saturated heterocycles. The van der Waals surface area contributed by atoms with Gasteiger partial charge in [-0.05, 0) is 49.1 Å². The van der Waals surface area contributed by atoms with Gasteiger partial charge in [0.25, 0.3) is 0 Å². The fraction of sp³-hybridized carbons (Fsp3) is 0.389. The summed E-state index contributed by atoms with van der Waals surface area (Å²) in [6, 6.07) is 12.3. The third-order valence-electron chi connectivity index (χ3n) is 4.59. The Morgan fingerprint density at radius 3 is 2.43 bits per heavy atom. The molecule has 0 amide bonds. The summed E-state index contributed by atoms with van der Waals surface area (Å²) in [4.78, 5) is 4.52. The van der Waals surface area contributed by atoms with Gasteiger partial charge >= 0.3 is 0 Å². The van der Waals surface area contributed by atoms with Crippen LogP contribution in [0.5, 0.6) is 0 Å². The summed E-state index contributed by atoms with van der Waals surface area (Å²) in [5.74, 6) is 0. The number of nitrogens with zero attached hydrogens (tertiary/aromatic N) is 1. The highest BCUT2D eigenvalue weighted by atomic mass is 35.5. The van der Waals surface area contributed by atoms with Crippen molar-refractivity contribution in [2.24, 2.45) is 0 Å². The molecule has 0 atom stereocenters. The zero-order valence-electron chi connectivity index (χ0n) is 12.0. The SMILES string of the molecule is Clc1ccc(C2(Cc3ccccn3)CCCCC2)cc1Cl. The van der Waals surface area contributed by atoms with Crippen LogP contribution in [0.1, 0.15) is 43.4 Å². The van der Waals surface area contributed by atoms with Crippen molar-refractivity contribution >= 4 is 23.2 Å². The lowest BCUT2D eigenvalue weighted by molar-refractivity contribution is 0.288. The summed E-state index contributed by atoms with van der Waals surface area (Å²) < 4.78 is 0. The van der Waals surface area contributed by atoms with Gasteiger partial charge in [-0.15, -0.1) is 0 Å². The Labute approximate surface area is 136 Å². The maximum atomic E-state index is 6.25. The molecule has 0 spiro atoms. The molecule has 21 heavy (non-hydrogen) atoms. The molecule has 1 aromatic carbocycles. The summed E-state index contributed by atoms with van der Waals surface area (Å²) >= 11 is 12.3. The lowest BCUT2D eigenvalue weighted by Crippen LogP contribution is -2.32. The molecule has 1 heterocycles. The highest BCUT2D eigenvalue weighted by molar-refractivity contribution is 6.42. The van der Waals surface area contributed by atoms with Crippen LogP contribution >= 0.6 is 23.2 Å². The van der Waals surface area contributed by atoms with Crippen LogP contribution < -0.4 is 0 Å². The standard InChI is InChI=1S/C18H19Cl2N/c19-16-8-7-14(12-17(16)20)18(9-3-1-4-10-18)13-15-6-2-5-11-21-15/h2,5-8,11-12H,1,3-4,9-10,13H2. The molecule has 1 aliphatic carbocycles. The third-order valence-corrected chi connectivity index (χ3v) is 5.33. The second-order valence-electron chi connectivity index (χ2n) is 5.97. The fourth-order valence-corrected chi connectivity index (χ4v) is 3.77. The maximum Gasteiger partial charge on any atom is 0.0595 e. The first-order valence-corrected chi connectivity index (χ1v) is 8.31. The number of hydrogen-bond donors (Lipinski definition) is 0. The number of benzene rings is 1. The van der Waals surface area contributed by atoms with E-state index in [0.29, 0.717) is 10.0 Å². The normalized spacial score (nSPS) is 17.6. The lowest BCUT2D eigenvalue weighted by Gasteiger charge is -2.38. The van der Waals surface area contributed by atoms with E-state index in [1.165, 1.54) is 37.7 Å². The Morgan fingerprint density at radius 2 is 1.76 bits per heavy atom. The molecule has 0 bridgehead atoms. The summed E-state index contributed by atoms with van der Waals surface area (Å²) in [7, 11) is 0. The average Bonchev–Trinajstić information content (AvgIpc) is 2.52. The molecular formula is C18H19Cl2N. The van der Waals surface area contributed by atoms with Crippen LogP contribution in [-0.2, 0) is 11.8 Å². The minimum atomic E-state index is 0.154. The molecule has 3 rings (SSSR count). The molecule has 1 fully saturated rings. The van der Waals surface area contributed by atoms with Crippen LogP contribution in [0.15, 0.2) is 42.6 Å². The van der Waals surface area contributed by atoms with E-state index in [4.69, 9.17) is 23.2 Å². The molecule has 3 heteroatoms. The molecule has 1 aliphatic rings. The molecule has 1 aromatic heterocycles. The molecular weight excluding hydrogens is 301 g/mol. The van der Waals surface area contributed by atoms with E-state index >= 15 is 0 Å². The zero-order chi connectivity index (χ0) is 14.7. The molecule has 0 aliphatic heterocycles. The Hall–Kier alpha value is -1.05.